The first-order valence-electron chi connectivity index (χ1n) is 6.34. The Morgan fingerprint density at radius 2 is 2.11 bits per heavy atom. The third-order valence-electron chi connectivity index (χ3n) is 3.15. The average molecular weight is 252 g/mol. The third-order valence-corrected chi connectivity index (χ3v) is 3.15. The molecule has 5 heteroatoms. The Balaban J connectivity index is 2.10. The Labute approximate surface area is 107 Å². The molecule has 0 aliphatic heterocycles. The molecule has 5 nitrogen and oxygen atoms in total. The van der Waals surface area contributed by atoms with E-state index in [2.05, 4.69) is 16.6 Å². The summed E-state index contributed by atoms with van der Waals surface area (Å²) in [4.78, 5) is 22.3. The van der Waals surface area contributed by atoms with Gasteiger partial charge in [-0.2, -0.15) is 0 Å². The van der Waals surface area contributed by atoms with Crippen LogP contribution in [0.5, 0.6) is 0 Å². The van der Waals surface area contributed by atoms with Crippen molar-refractivity contribution in [2.45, 2.75) is 44.6 Å². The summed E-state index contributed by atoms with van der Waals surface area (Å²) in [5.41, 5.74) is 0. The van der Waals surface area contributed by atoms with Gasteiger partial charge in [0.05, 0.1) is 5.92 Å². The van der Waals surface area contributed by atoms with E-state index < -0.39 is 5.97 Å². The third kappa shape index (κ3) is 5.09. The molecule has 3 N–H and O–H groups in total. The van der Waals surface area contributed by atoms with Gasteiger partial charge in [-0.3, -0.25) is 4.79 Å². The smallest absolute Gasteiger partial charge is 0.315 e. The van der Waals surface area contributed by atoms with Gasteiger partial charge in [-0.1, -0.05) is 0 Å². The van der Waals surface area contributed by atoms with Gasteiger partial charge in [0.15, 0.2) is 0 Å². The Bertz CT molecular complexity index is 336. The SMILES string of the molecule is C#CCCCCNC(=O)NC1CCC(C(=O)O)C1. The minimum Gasteiger partial charge on any atom is -0.481 e. The summed E-state index contributed by atoms with van der Waals surface area (Å²) in [5, 5.41) is 14.4. The quantitative estimate of drug-likeness (QED) is 0.493. The minimum absolute atomic E-state index is 0.0168. The fourth-order valence-corrected chi connectivity index (χ4v) is 2.13. The van der Waals surface area contributed by atoms with E-state index in [1.807, 2.05) is 0 Å². The maximum absolute atomic E-state index is 11.5. The lowest BCUT2D eigenvalue weighted by Crippen LogP contribution is -2.41. The van der Waals surface area contributed by atoms with Gasteiger partial charge < -0.3 is 15.7 Å². The number of carbonyl (C=O) groups excluding carboxylic acids is 1. The lowest BCUT2D eigenvalue weighted by molar-refractivity contribution is -0.141. The molecule has 2 amide bonds. The Kier molecular flexibility index (Phi) is 6.06. The van der Waals surface area contributed by atoms with Crippen molar-refractivity contribution in [2.75, 3.05) is 6.54 Å². The normalized spacial score (nSPS) is 22.2. The number of unbranched alkanes of at least 4 members (excludes halogenated alkanes) is 2. The van der Waals surface area contributed by atoms with E-state index in [9.17, 15) is 9.59 Å². The first kappa shape index (κ1) is 14.4. The molecule has 0 aromatic carbocycles. The number of carboxylic acids is 1. The fourth-order valence-electron chi connectivity index (χ4n) is 2.13. The molecule has 1 aliphatic carbocycles. The zero-order valence-corrected chi connectivity index (χ0v) is 10.4. The van der Waals surface area contributed by atoms with Gasteiger partial charge in [0.2, 0.25) is 0 Å². The highest BCUT2D eigenvalue weighted by atomic mass is 16.4. The molecule has 0 radical (unpaired) electrons. The second-order valence-electron chi connectivity index (χ2n) is 4.61. The van der Waals surface area contributed by atoms with Gasteiger partial charge in [-0.15, -0.1) is 12.3 Å². The first-order chi connectivity index (χ1) is 8.63. The van der Waals surface area contributed by atoms with Gasteiger partial charge in [-0.05, 0) is 32.1 Å². The van der Waals surface area contributed by atoms with Crippen LogP contribution in [0.15, 0.2) is 0 Å². The molecule has 0 spiro atoms. The van der Waals surface area contributed by atoms with Gasteiger partial charge in [-0.25, -0.2) is 4.79 Å². The van der Waals surface area contributed by atoms with E-state index in [0.29, 0.717) is 19.4 Å². The summed E-state index contributed by atoms with van der Waals surface area (Å²) in [6.07, 6.45) is 9.52. The summed E-state index contributed by atoms with van der Waals surface area (Å²) in [7, 11) is 0. The number of rotatable bonds is 6. The van der Waals surface area contributed by atoms with Crippen molar-refractivity contribution in [3.63, 3.8) is 0 Å². The average Bonchev–Trinajstić information content (AvgIpc) is 2.77. The number of carbonyl (C=O) groups is 2. The van der Waals surface area contributed by atoms with Crippen LogP contribution in [-0.2, 0) is 4.79 Å². The van der Waals surface area contributed by atoms with Crippen LogP contribution in [0.3, 0.4) is 0 Å². The van der Waals surface area contributed by atoms with Gasteiger partial charge in [0.25, 0.3) is 0 Å². The maximum atomic E-state index is 11.5. The summed E-state index contributed by atoms with van der Waals surface area (Å²) in [5.74, 6) is 1.46. The van der Waals surface area contributed by atoms with Crippen LogP contribution in [-0.4, -0.2) is 29.7 Å². The van der Waals surface area contributed by atoms with E-state index in [1.165, 1.54) is 0 Å². The topological polar surface area (TPSA) is 78.4 Å². The summed E-state index contributed by atoms with van der Waals surface area (Å²) >= 11 is 0. The number of aliphatic carboxylic acids is 1. The molecular formula is C13H20N2O3. The second-order valence-corrected chi connectivity index (χ2v) is 4.61. The standard InChI is InChI=1S/C13H20N2O3/c1-2-3-4-5-8-14-13(18)15-11-7-6-10(9-11)12(16)17/h1,10-11H,3-9H2,(H,16,17)(H2,14,15,18). The van der Waals surface area contributed by atoms with Crippen molar-refractivity contribution in [2.24, 2.45) is 5.92 Å². The van der Waals surface area contributed by atoms with E-state index in [-0.39, 0.29) is 18.0 Å². The van der Waals surface area contributed by atoms with Crippen LogP contribution in [0.1, 0.15) is 38.5 Å². The van der Waals surface area contributed by atoms with Crippen molar-refractivity contribution in [1.29, 1.82) is 0 Å². The summed E-state index contributed by atoms with van der Waals surface area (Å²) in [6.45, 7) is 0.600. The van der Waals surface area contributed by atoms with Gasteiger partial charge in [0.1, 0.15) is 0 Å². The lowest BCUT2D eigenvalue weighted by atomic mass is 10.1. The van der Waals surface area contributed by atoms with Crippen LogP contribution in [0, 0.1) is 18.3 Å². The Morgan fingerprint density at radius 1 is 1.33 bits per heavy atom. The van der Waals surface area contributed by atoms with Crippen LogP contribution in [0.4, 0.5) is 4.79 Å². The van der Waals surface area contributed by atoms with E-state index in [1.54, 1.807) is 0 Å². The fraction of sp³-hybridized carbons (Fsp3) is 0.692. The molecule has 2 unspecified atom stereocenters. The van der Waals surface area contributed by atoms with Crippen molar-refractivity contribution >= 4 is 12.0 Å². The molecule has 1 saturated carbocycles. The molecule has 0 heterocycles. The summed E-state index contributed by atoms with van der Waals surface area (Å²) < 4.78 is 0. The highest BCUT2D eigenvalue weighted by Crippen LogP contribution is 2.25. The molecule has 1 rings (SSSR count). The molecule has 100 valence electrons. The molecule has 0 aromatic heterocycles. The van der Waals surface area contributed by atoms with Crippen LogP contribution < -0.4 is 10.6 Å². The van der Waals surface area contributed by atoms with Crippen LogP contribution in [0.2, 0.25) is 0 Å². The Hall–Kier alpha value is -1.70. The van der Waals surface area contributed by atoms with Crippen molar-refractivity contribution in [3.8, 4) is 12.3 Å². The Morgan fingerprint density at radius 3 is 2.72 bits per heavy atom. The molecule has 1 fully saturated rings. The minimum atomic E-state index is -0.769. The van der Waals surface area contributed by atoms with Gasteiger partial charge >= 0.3 is 12.0 Å². The molecule has 0 saturated heterocycles. The number of carboxylic acid groups (broad SMARTS) is 1. The van der Waals surface area contributed by atoms with Gasteiger partial charge in [0, 0.05) is 19.0 Å². The number of hydrogen-bond acceptors (Lipinski definition) is 2. The monoisotopic (exact) mass is 252 g/mol. The first-order valence-corrected chi connectivity index (χ1v) is 6.34. The zero-order chi connectivity index (χ0) is 13.4. The van der Waals surface area contributed by atoms with Crippen molar-refractivity contribution in [1.82, 2.24) is 10.6 Å². The summed E-state index contributed by atoms with van der Waals surface area (Å²) in [6, 6.07) is -0.233. The van der Waals surface area contributed by atoms with E-state index in [4.69, 9.17) is 11.5 Å². The lowest BCUT2D eigenvalue weighted by Gasteiger charge is -2.13. The number of amides is 2. The number of nitrogens with one attached hydrogen (secondary N) is 2. The van der Waals surface area contributed by atoms with Crippen molar-refractivity contribution < 1.29 is 14.7 Å². The number of terminal acetylenes is 1. The second kappa shape index (κ2) is 7.59. The van der Waals surface area contributed by atoms with E-state index in [0.717, 1.165) is 25.7 Å². The molecule has 18 heavy (non-hydrogen) atoms. The maximum Gasteiger partial charge on any atom is 0.315 e. The predicted octanol–water partition coefficient (Wildman–Crippen LogP) is 1.34. The van der Waals surface area contributed by atoms with E-state index >= 15 is 0 Å². The zero-order valence-electron chi connectivity index (χ0n) is 10.4. The highest BCUT2D eigenvalue weighted by molar-refractivity contribution is 5.75. The number of urea groups is 1. The molecule has 0 aromatic rings. The number of hydrogen-bond donors (Lipinski definition) is 3. The van der Waals surface area contributed by atoms with Crippen molar-refractivity contribution in [3.05, 3.63) is 0 Å². The molecule has 2 atom stereocenters. The predicted molar refractivity (Wildman–Crippen MR) is 68.0 cm³/mol. The highest BCUT2D eigenvalue weighted by Gasteiger charge is 2.30. The molecular weight excluding hydrogens is 232 g/mol. The van der Waals surface area contributed by atoms with Crippen LogP contribution in [0.25, 0.3) is 0 Å². The largest absolute Gasteiger partial charge is 0.481 e. The van der Waals surface area contributed by atoms with Crippen LogP contribution >= 0.6 is 0 Å². The molecule has 1 aliphatic rings. The molecule has 0 bridgehead atoms.